The summed E-state index contributed by atoms with van der Waals surface area (Å²) in [7, 11) is 0. The number of para-hydroxylation sites is 2. The maximum absolute atomic E-state index is 7.01. The Morgan fingerprint density at radius 2 is 1.18 bits per heavy atom. The Morgan fingerprint density at radius 1 is 0.563 bits per heavy atom. The molecule has 4 heterocycles. The van der Waals surface area contributed by atoms with Gasteiger partial charge in [0.1, 0.15) is 5.82 Å². The molecule has 0 aliphatic carbocycles. The van der Waals surface area contributed by atoms with Crippen molar-refractivity contribution in [3.63, 3.8) is 0 Å². The maximum atomic E-state index is 7.01. The van der Waals surface area contributed by atoms with Crippen molar-refractivity contribution in [1.29, 1.82) is 0 Å². The van der Waals surface area contributed by atoms with Crippen LogP contribution in [0.3, 0.4) is 0 Å². The monoisotopic (exact) mass is 1120 g/mol. The molecule has 0 saturated carbocycles. The molecule has 0 unspecified atom stereocenters. The van der Waals surface area contributed by atoms with E-state index in [1.54, 1.807) is 0 Å². The molecular weight excluding hydrogens is 1070 g/mol. The van der Waals surface area contributed by atoms with Crippen LogP contribution in [0, 0.1) is 32.6 Å². The van der Waals surface area contributed by atoms with Gasteiger partial charge in [-0.15, -0.1) is 65.0 Å². The molecule has 11 aromatic rings. The number of anilines is 4. The normalized spacial score (nSPS) is 12.8. The molecule has 0 amide bonds. The number of ether oxygens (including phenoxy) is 1. The Bertz CT molecular complexity index is 3780. The first-order valence-corrected chi connectivity index (χ1v) is 24.9. The topological polar surface area (TPSA) is 33.5 Å². The van der Waals surface area contributed by atoms with Crippen LogP contribution in [0.2, 0.25) is 0 Å². The molecule has 0 N–H and O–H groups in total. The van der Waals surface area contributed by atoms with E-state index in [2.05, 4.69) is 252 Å². The summed E-state index contributed by atoms with van der Waals surface area (Å²) in [4.78, 5) is 9.67. The Balaban J connectivity index is 0.00000547. The first-order chi connectivity index (χ1) is 33.8. The van der Waals surface area contributed by atoms with Gasteiger partial charge in [0.05, 0.1) is 0 Å². The maximum Gasteiger partial charge on any atom is 0.135 e. The summed E-state index contributed by atoms with van der Waals surface area (Å²) in [5.74, 6) is 2.07. The Morgan fingerprint density at radius 3 is 1.86 bits per heavy atom. The van der Waals surface area contributed by atoms with E-state index < -0.39 is 0 Å². The van der Waals surface area contributed by atoms with E-state index in [1.165, 1.54) is 64.5 Å². The summed E-state index contributed by atoms with van der Waals surface area (Å²) >= 11 is 1.85. The SMILES string of the molecule is Cc1cc(C)c(-c2ccccc2)c(N2[CH-]N(c3[c-]c(Oc4[c-]c5c(cc4)c4c6sc7ccccc7c6ccc4n5-c4cc(C(C)(C)C)ccn4)cc(C(C)(C)C)c3)c3ccccc32)c1-c1ccccc1.[Pt]. The minimum absolute atomic E-state index is 0. The van der Waals surface area contributed by atoms with Gasteiger partial charge in [0, 0.05) is 92.6 Å². The van der Waals surface area contributed by atoms with Gasteiger partial charge in [0.2, 0.25) is 0 Å². The third-order valence-corrected chi connectivity index (χ3v) is 15.1. The van der Waals surface area contributed by atoms with E-state index in [1.807, 2.05) is 17.5 Å². The second-order valence-electron chi connectivity index (χ2n) is 20.7. The van der Waals surface area contributed by atoms with Crippen molar-refractivity contribution >= 4 is 76.1 Å². The Kier molecular flexibility index (Phi) is 11.6. The molecular formula is C64H53N4OPtS-3. The van der Waals surface area contributed by atoms with Gasteiger partial charge < -0.3 is 19.1 Å². The predicted molar refractivity (Wildman–Crippen MR) is 295 cm³/mol. The van der Waals surface area contributed by atoms with Crippen LogP contribution in [0.1, 0.15) is 63.8 Å². The zero-order valence-corrected chi connectivity index (χ0v) is 44.3. The molecule has 71 heavy (non-hydrogen) atoms. The number of rotatable bonds is 7. The minimum atomic E-state index is -0.199. The smallest absolute Gasteiger partial charge is 0.135 e. The zero-order chi connectivity index (χ0) is 48.1. The van der Waals surface area contributed by atoms with Gasteiger partial charge in [-0.2, -0.15) is 6.07 Å². The van der Waals surface area contributed by atoms with Crippen LogP contribution in [0.4, 0.5) is 22.7 Å². The molecule has 1 aliphatic rings. The molecule has 7 heteroatoms. The van der Waals surface area contributed by atoms with Crippen LogP contribution in [-0.4, -0.2) is 9.55 Å². The third kappa shape index (κ3) is 8.02. The van der Waals surface area contributed by atoms with Crippen molar-refractivity contribution in [2.45, 2.75) is 66.2 Å². The van der Waals surface area contributed by atoms with Crippen molar-refractivity contribution < 1.29 is 25.8 Å². The van der Waals surface area contributed by atoms with E-state index in [0.29, 0.717) is 11.5 Å². The fraction of sp³-hybridized carbons (Fsp3) is 0.156. The van der Waals surface area contributed by atoms with Gasteiger partial charge in [-0.05, 0) is 94.3 Å². The predicted octanol–water partition coefficient (Wildman–Crippen LogP) is 17.9. The first kappa shape index (κ1) is 46.4. The van der Waals surface area contributed by atoms with Gasteiger partial charge in [-0.1, -0.05) is 150 Å². The average Bonchev–Trinajstić information content (AvgIpc) is 4.03. The van der Waals surface area contributed by atoms with Crippen molar-refractivity contribution in [2.24, 2.45) is 0 Å². The van der Waals surface area contributed by atoms with Crippen LogP contribution in [0.5, 0.6) is 11.5 Å². The van der Waals surface area contributed by atoms with Gasteiger partial charge in [-0.25, -0.2) is 4.98 Å². The van der Waals surface area contributed by atoms with E-state index in [-0.39, 0.29) is 31.9 Å². The molecule has 0 spiro atoms. The molecule has 0 atom stereocenters. The van der Waals surface area contributed by atoms with Crippen molar-refractivity contribution in [3.8, 4) is 39.6 Å². The van der Waals surface area contributed by atoms with Crippen LogP contribution >= 0.6 is 11.3 Å². The average molecular weight is 1120 g/mol. The van der Waals surface area contributed by atoms with Crippen LogP contribution in [0.25, 0.3) is 70.0 Å². The standard InChI is InChI=1S/C64H53N4OS.Pt/c1-40-33-41(2)59(43-21-13-10-14-22-43)61(58(40)42-19-11-9-12-20-42)67-39-66(52-24-16-17-25-53(52)67)46-34-45(64(6,7)8)35-48(37-46)69-47-27-28-51-55(38-47)68(57-36-44(31-32-65-57)63(3,4)5)54-30-29-50-49-23-15-18-26-56(49)70-62(50)60(51)54;/h9-36,39H,1-8H3;/q-3;. The molecule has 0 bridgehead atoms. The van der Waals surface area contributed by atoms with Crippen LogP contribution in [0.15, 0.2) is 170 Å². The van der Waals surface area contributed by atoms with E-state index in [9.17, 15) is 0 Å². The summed E-state index contributed by atoms with van der Waals surface area (Å²) in [6.45, 7) is 20.2. The summed E-state index contributed by atoms with van der Waals surface area (Å²) in [5.41, 5.74) is 15.4. The Labute approximate surface area is 435 Å². The van der Waals surface area contributed by atoms with Gasteiger partial charge >= 0.3 is 0 Å². The summed E-state index contributed by atoms with van der Waals surface area (Å²) < 4.78 is 11.8. The van der Waals surface area contributed by atoms with Crippen molar-refractivity contribution in [1.82, 2.24) is 9.55 Å². The van der Waals surface area contributed by atoms with Crippen LogP contribution in [-0.2, 0) is 31.9 Å². The fourth-order valence-corrected chi connectivity index (χ4v) is 11.6. The molecule has 354 valence electrons. The van der Waals surface area contributed by atoms with E-state index in [4.69, 9.17) is 9.72 Å². The van der Waals surface area contributed by atoms with Crippen molar-refractivity contribution in [2.75, 3.05) is 9.80 Å². The second kappa shape index (κ2) is 17.7. The quantitative estimate of drug-likeness (QED) is 0.149. The molecule has 1 aliphatic heterocycles. The summed E-state index contributed by atoms with van der Waals surface area (Å²) in [6, 6.07) is 66.3. The number of aromatic nitrogens is 2. The summed E-state index contributed by atoms with van der Waals surface area (Å²) in [5, 5.41) is 4.84. The largest absolute Gasteiger partial charge is 0.509 e. The minimum Gasteiger partial charge on any atom is -0.509 e. The molecule has 12 rings (SSSR count). The first-order valence-electron chi connectivity index (χ1n) is 24.1. The zero-order valence-electron chi connectivity index (χ0n) is 41.2. The van der Waals surface area contributed by atoms with Crippen molar-refractivity contribution in [3.05, 3.63) is 211 Å². The molecule has 3 aromatic heterocycles. The molecule has 0 saturated heterocycles. The number of thiophene rings is 1. The number of hydrogen-bond donors (Lipinski definition) is 0. The van der Waals surface area contributed by atoms with Gasteiger partial charge in [0.15, 0.2) is 0 Å². The van der Waals surface area contributed by atoms with Crippen LogP contribution < -0.4 is 14.5 Å². The number of hydrogen-bond acceptors (Lipinski definition) is 5. The molecule has 0 fully saturated rings. The number of aryl methyl sites for hydroxylation is 2. The van der Waals surface area contributed by atoms with Gasteiger partial charge in [-0.3, -0.25) is 0 Å². The van der Waals surface area contributed by atoms with Gasteiger partial charge in [0.25, 0.3) is 0 Å². The number of benzene rings is 8. The number of fused-ring (bicyclic) bond motifs is 8. The Hall–Kier alpha value is -6.98. The number of nitrogens with zero attached hydrogens (tertiary/aromatic N) is 4. The molecule has 5 nitrogen and oxygen atoms in total. The van der Waals surface area contributed by atoms with E-state index >= 15 is 0 Å². The second-order valence-corrected chi connectivity index (χ2v) is 21.7. The summed E-state index contributed by atoms with van der Waals surface area (Å²) in [6.07, 6.45) is 1.93. The molecule has 0 radical (unpaired) electrons. The molecule has 8 aromatic carbocycles. The number of pyridine rings is 1. The van der Waals surface area contributed by atoms with E-state index in [0.717, 1.165) is 50.6 Å². The fourth-order valence-electron chi connectivity index (χ4n) is 10.4. The third-order valence-electron chi connectivity index (χ3n) is 13.9.